The van der Waals surface area contributed by atoms with E-state index in [1.807, 2.05) is 19.1 Å². The Kier molecular flexibility index (Phi) is 7.08. The van der Waals surface area contributed by atoms with Crippen LogP contribution in [0.2, 0.25) is 0 Å². The molecule has 1 fully saturated rings. The largest absolute Gasteiger partial charge is 0.348 e. The fraction of sp³-hybridized carbons (Fsp3) is 0.423. The number of hydrogen-bond donors (Lipinski definition) is 2. The highest BCUT2D eigenvalue weighted by Crippen LogP contribution is 2.23. The topological polar surface area (TPSA) is 87.2 Å². The summed E-state index contributed by atoms with van der Waals surface area (Å²) in [7, 11) is 2.19. The van der Waals surface area contributed by atoms with Gasteiger partial charge in [-0.15, -0.1) is 0 Å². The molecule has 1 saturated carbocycles. The molecule has 0 radical (unpaired) electrons. The van der Waals surface area contributed by atoms with Crippen molar-refractivity contribution in [2.75, 3.05) is 7.05 Å². The molecule has 2 N–H and O–H groups in total. The molecule has 1 heterocycles. The van der Waals surface area contributed by atoms with Crippen molar-refractivity contribution in [3.8, 4) is 0 Å². The van der Waals surface area contributed by atoms with E-state index in [2.05, 4.69) is 34.4 Å². The van der Waals surface area contributed by atoms with E-state index in [9.17, 15) is 14.4 Å². The molecule has 3 aromatic rings. The van der Waals surface area contributed by atoms with Gasteiger partial charge in [0, 0.05) is 31.2 Å². The predicted molar refractivity (Wildman–Crippen MR) is 130 cm³/mol. The van der Waals surface area contributed by atoms with E-state index >= 15 is 0 Å². The van der Waals surface area contributed by atoms with Crippen LogP contribution in [0.1, 0.15) is 60.5 Å². The molecule has 0 aliphatic heterocycles. The van der Waals surface area contributed by atoms with E-state index in [1.54, 1.807) is 18.2 Å². The molecule has 1 aliphatic rings. The van der Waals surface area contributed by atoms with E-state index in [1.165, 1.54) is 42.2 Å². The minimum Gasteiger partial charge on any atom is -0.348 e. The number of nitrogens with zero attached hydrogens (tertiary/aromatic N) is 2. The van der Waals surface area contributed by atoms with Crippen LogP contribution in [0.5, 0.6) is 0 Å². The van der Waals surface area contributed by atoms with E-state index < -0.39 is 11.1 Å². The van der Waals surface area contributed by atoms with Gasteiger partial charge < -0.3 is 14.9 Å². The number of amides is 1. The van der Waals surface area contributed by atoms with Gasteiger partial charge in [-0.05, 0) is 56.1 Å². The maximum Gasteiger partial charge on any atom is 0.316 e. The zero-order valence-corrected chi connectivity index (χ0v) is 19.4. The maximum atomic E-state index is 12.9. The standard InChI is InChI=1S/C26H32N4O3/c1-3-30-23-14-13-18(15-22(23)28-25(32)26(30)33)24(31)27-16-19-9-7-8-10-20(19)17-29(2)21-11-5-4-6-12-21/h7-10,13-15,21H,3-6,11-12,16-17H2,1-2H3,(H,27,31)(H,28,32). The lowest BCUT2D eigenvalue weighted by molar-refractivity contribution is 0.0950. The first-order valence-corrected chi connectivity index (χ1v) is 11.8. The molecule has 1 aromatic heterocycles. The fourth-order valence-corrected chi connectivity index (χ4v) is 4.82. The highest BCUT2D eigenvalue weighted by molar-refractivity contribution is 5.97. The van der Waals surface area contributed by atoms with Crippen molar-refractivity contribution in [3.05, 3.63) is 79.9 Å². The van der Waals surface area contributed by atoms with Gasteiger partial charge in [-0.3, -0.25) is 19.3 Å². The number of nitrogens with one attached hydrogen (secondary N) is 2. The summed E-state index contributed by atoms with van der Waals surface area (Å²) in [6, 6.07) is 13.9. The molecule has 0 unspecified atom stereocenters. The summed E-state index contributed by atoms with van der Waals surface area (Å²) in [5, 5.41) is 3.01. The number of aryl methyl sites for hydroxylation is 1. The number of fused-ring (bicyclic) bond motifs is 1. The van der Waals surface area contributed by atoms with Crippen molar-refractivity contribution in [1.82, 2.24) is 19.8 Å². The van der Waals surface area contributed by atoms with E-state index in [4.69, 9.17) is 0 Å². The third-order valence-corrected chi connectivity index (χ3v) is 6.73. The third kappa shape index (κ3) is 5.09. The summed E-state index contributed by atoms with van der Waals surface area (Å²) in [5.41, 5.74) is 2.58. The van der Waals surface area contributed by atoms with Crippen LogP contribution in [0.25, 0.3) is 11.0 Å². The van der Waals surface area contributed by atoms with Crippen LogP contribution < -0.4 is 16.4 Å². The molecule has 0 spiro atoms. The number of aromatic amines is 1. The van der Waals surface area contributed by atoms with Crippen LogP contribution in [-0.2, 0) is 19.6 Å². The summed E-state index contributed by atoms with van der Waals surface area (Å²) in [5.74, 6) is -0.220. The highest BCUT2D eigenvalue weighted by Gasteiger charge is 2.19. The van der Waals surface area contributed by atoms with Crippen LogP contribution >= 0.6 is 0 Å². The van der Waals surface area contributed by atoms with E-state index in [0.29, 0.717) is 35.7 Å². The van der Waals surface area contributed by atoms with Crippen molar-refractivity contribution in [2.45, 2.75) is 64.7 Å². The average molecular weight is 449 g/mol. The molecular formula is C26H32N4O3. The molecule has 0 bridgehead atoms. The molecule has 2 aromatic carbocycles. The Labute approximate surface area is 193 Å². The highest BCUT2D eigenvalue weighted by atomic mass is 16.2. The Morgan fingerprint density at radius 2 is 1.82 bits per heavy atom. The molecule has 4 rings (SSSR count). The summed E-state index contributed by atoms with van der Waals surface area (Å²) < 4.78 is 1.41. The number of rotatable bonds is 7. The lowest BCUT2D eigenvalue weighted by Crippen LogP contribution is -2.36. The van der Waals surface area contributed by atoms with Gasteiger partial charge in [-0.25, -0.2) is 0 Å². The quantitative estimate of drug-likeness (QED) is 0.543. The van der Waals surface area contributed by atoms with E-state index in [0.717, 1.165) is 12.1 Å². The first-order valence-electron chi connectivity index (χ1n) is 11.8. The lowest BCUT2D eigenvalue weighted by atomic mass is 9.94. The molecule has 7 nitrogen and oxygen atoms in total. The number of hydrogen-bond acceptors (Lipinski definition) is 4. The van der Waals surface area contributed by atoms with Gasteiger partial charge in [0.1, 0.15) is 0 Å². The van der Waals surface area contributed by atoms with Crippen molar-refractivity contribution in [1.29, 1.82) is 0 Å². The second-order valence-corrected chi connectivity index (χ2v) is 8.89. The second kappa shape index (κ2) is 10.2. The van der Waals surface area contributed by atoms with Crippen molar-refractivity contribution >= 4 is 16.9 Å². The Hall–Kier alpha value is -3.19. The van der Waals surface area contributed by atoms with Crippen molar-refractivity contribution < 1.29 is 4.79 Å². The number of H-pyrrole nitrogens is 1. The van der Waals surface area contributed by atoms with Crippen LogP contribution in [0.3, 0.4) is 0 Å². The van der Waals surface area contributed by atoms with Crippen LogP contribution in [0.4, 0.5) is 0 Å². The van der Waals surface area contributed by atoms with Gasteiger partial charge in [-0.2, -0.15) is 0 Å². The molecule has 1 amide bonds. The Morgan fingerprint density at radius 1 is 1.09 bits per heavy atom. The smallest absolute Gasteiger partial charge is 0.316 e. The van der Waals surface area contributed by atoms with Gasteiger partial charge >= 0.3 is 11.1 Å². The number of carbonyl (C=O) groups is 1. The minimum absolute atomic E-state index is 0.220. The lowest BCUT2D eigenvalue weighted by Gasteiger charge is -2.31. The van der Waals surface area contributed by atoms with Crippen LogP contribution in [-0.4, -0.2) is 33.4 Å². The minimum atomic E-state index is -0.682. The Bertz CT molecular complexity index is 1250. The van der Waals surface area contributed by atoms with Gasteiger partial charge in [0.05, 0.1) is 11.0 Å². The zero-order chi connectivity index (χ0) is 23.4. The molecule has 0 saturated heterocycles. The maximum absolute atomic E-state index is 12.9. The van der Waals surface area contributed by atoms with E-state index in [-0.39, 0.29) is 5.91 Å². The SMILES string of the molecule is CCn1c(=O)c(=O)[nH]c2cc(C(=O)NCc3ccccc3CN(C)C3CCCCC3)ccc21. The monoisotopic (exact) mass is 448 g/mol. The molecule has 174 valence electrons. The van der Waals surface area contributed by atoms with Crippen LogP contribution in [0.15, 0.2) is 52.1 Å². The molecule has 1 aliphatic carbocycles. The molecule has 7 heteroatoms. The Balaban J connectivity index is 1.48. The zero-order valence-electron chi connectivity index (χ0n) is 19.4. The first kappa shape index (κ1) is 23.0. The summed E-state index contributed by atoms with van der Waals surface area (Å²) in [6.45, 7) is 3.49. The molecule has 33 heavy (non-hydrogen) atoms. The normalized spacial score (nSPS) is 14.6. The van der Waals surface area contributed by atoms with Gasteiger partial charge in [0.2, 0.25) is 0 Å². The Morgan fingerprint density at radius 3 is 2.55 bits per heavy atom. The first-order chi connectivity index (χ1) is 16.0. The van der Waals surface area contributed by atoms with Gasteiger partial charge in [-0.1, -0.05) is 43.5 Å². The summed E-state index contributed by atoms with van der Waals surface area (Å²) in [6.07, 6.45) is 6.46. The van der Waals surface area contributed by atoms with Crippen LogP contribution in [0, 0.1) is 0 Å². The molecular weight excluding hydrogens is 416 g/mol. The van der Waals surface area contributed by atoms with Gasteiger partial charge in [0.25, 0.3) is 5.91 Å². The van der Waals surface area contributed by atoms with Crippen molar-refractivity contribution in [3.63, 3.8) is 0 Å². The third-order valence-electron chi connectivity index (χ3n) is 6.73. The van der Waals surface area contributed by atoms with Crippen molar-refractivity contribution in [2.24, 2.45) is 0 Å². The fourth-order valence-electron chi connectivity index (χ4n) is 4.82. The van der Waals surface area contributed by atoms with Gasteiger partial charge in [0.15, 0.2) is 0 Å². The summed E-state index contributed by atoms with van der Waals surface area (Å²) in [4.78, 5) is 41.9. The molecule has 0 atom stereocenters. The predicted octanol–water partition coefficient (Wildman–Crippen LogP) is 3.40. The average Bonchev–Trinajstić information content (AvgIpc) is 2.84. The number of aromatic nitrogens is 2. The second-order valence-electron chi connectivity index (χ2n) is 8.89. The number of benzene rings is 2. The number of carbonyl (C=O) groups excluding carboxylic acids is 1. The summed E-state index contributed by atoms with van der Waals surface area (Å²) >= 11 is 0.